The predicted octanol–water partition coefficient (Wildman–Crippen LogP) is 4.27. The fourth-order valence-electron chi connectivity index (χ4n) is 2.28. The molecule has 7 heteroatoms. The number of hydrogen-bond donors (Lipinski definition) is 1. The quantitative estimate of drug-likeness (QED) is 0.656. The van der Waals surface area contributed by atoms with Crippen LogP contribution in [0.15, 0.2) is 66.1 Å². The highest BCUT2D eigenvalue weighted by Gasteiger charge is 2.11. The van der Waals surface area contributed by atoms with Gasteiger partial charge in [0.05, 0.1) is 18.6 Å². The van der Waals surface area contributed by atoms with Gasteiger partial charge in [-0.15, -0.1) is 0 Å². The lowest BCUT2D eigenvalue weighted by Gasteiger charge is -2.11. The Kier molecular flexibility index (Phi) is 5.63. The van der Waals surface area contributed by atoms with E-state index in [1.165, 1.54) is 11.8 Å². The van der Waals surface area contributed by atoms with Crippen LogP contribution in [0.3, 0.4) is 0 Å². The number of aromatic nitrogens is 2. The Hall–Kier alpha value is -2.44. The van der Waals surface area contributed by atoms with Crippen LogP contribution in [0.4, 0.5) is 5.69 Å². The van der Waals surface area contributed by atoms with Crippen LogP contribution in [0.25, 0.3) is 5.69 Å². The second-order valence-corrected chi connectivity index (χ2v) is 6.48. The highest BCUT2D eigenvalue weighted by Crippen LogP contribution is 2.28. The first-order valence-electron chi connectivity index (χ1n) is 7.52. The number of anilines is 1. The molecule has 0 spiro atoms. The molecule has 1 aromatic heterocycles. The summed E-state index contributed by atoms with van der Waals surface area (Å²) in [6, 6.07) is 14.9. The van der Waals surface area contributed by atoms with E-state index in [1.54, 1.807) is 31.5 Å². The number of nitrogens with zero attached hydrogens (tertiary/aromatic N) is 2. The third-order valence-corrected chi connectivity index (χ3v) is 4.61. The Morgan fingerprint density at radius 3 is 2.84 bits per heavy atom. The first kappa shape index (κ1) is 17.4. The van der Waals surface area contributed by atoms with E-state index in [-0.39, 0.29) is 11.7 Å². The van der Waals surface area contributed by atoms with Gasteiger partial charge < -0.3 is 10.1 Å². The predicted molar refractivity (Wildman–Crippen MR) is 101 cm³/mol. The number of methoxy groups -OCH3 is 1. The van der Waals surface area contributed by atoms with Crippen molar-refractivity contribution in [2.75, 3.05) is 18.2 Å². The summed E-state index contributed by atoms with van der Waals surface area (Å²) >= 11 is 7.34. The van der Waals surface area contributed by atoms with Gasteiger partial charge in [0.2, 0.25) is 5.91 Å². The van der Waals surface area contributed by atoms with E-state index in [4.69, 9.17) is 16.3 Å². The van der Waals surface area contributed by atoms with Crippen molar-refractivity contribution in [1.82, 2.24) is 9.55 Å². The minimum atomic E-state index is -0.159. The fraction of sp³-hybridized carbons (Fsp3) is 0.111. The van der Waals surface area contributed by atoms with Gasteiger partial charge in [0, 0.05) is 23.1 Å². The SMILES string of the molecule is COc1ccc(Cl)cc1NC(=O)CSc1nccn1-c1ccccc1. The van der Waals surface area contributed by atoms with Gasteiger partial charge in [-0.25, -0.2) is 4.98 Å². The van der Waals surface area contributed by atoms with Gasteiger partial charge in [-0.05, 0) is 30.3 Å². The summed E-state index contributed by atoms with van der Waals surface area (Å²) < 4.78 is 7.17. The van der Waals surface area contributed by atoms with Gasteiger partial charge in [0.1, 0.15) is 5.75 Å². The third kappa shape index (κ3) is 4.35. The van der Waals surface area contributed by atoms with Crippen LogP contribution in [0.2, 0.25) is 5.02 Å². The summed E-state index contributed by atoms with van der Waals surface area (Å²) in [7, 11) is 1.55. The standard InChI is InChI=1S/C18H16ClN3O2S/c1-24-16-8-7-13(19)11-15(16)21-17(23)12-25-18-20-9-10-22(18)14-5-3-2-4-6-14/h2-11H,12H2,1H3,(H,21,23). The lowest BCUT2D eigenvalue weighted by atomic mass is 10.3. The minimum absolute atomic E-state index is 0.159. The van der Waals surface area contributed by atoms with Gasteiger partial charge in [-0.3, -0.25) is 9.36 Å². The molecule has 0 radical (unpaired) electrons. The maximum Gasteiger partial charge on any atom is 0.234 e. The van der Waals surface area contributed by atoms with E-state index < -0.39 is 0 Å². The number of halogens is 1. The number of nitrogens with one attached hydrogen (secondary N) is 1. The van der Waals surface area contributed by atoms with Crippen LogP contribution in [0.5, 0.6) is 5.75 Å². The van der Waals surface area contributed by atoms with Crippen molar-refractivity contribution >= 4 is 35.0 Å². The lowest BCUT2D eigenvalue weighted by Crippen LogP contribution is -2.15. The number of ether oxygens (including phenoxy) is 1. The highest BCUT2D eigenvalue weighted by atomic mass is 35.5. The summed E-state index contributed by atoms with van der Waals surface area (Å²) in [5.74, 6) is 0.626. The van der Waals surface area contributed by atoms with Gasteiger partial charge >= 0.3 is 0 Å². The van der Waals surface area contributed by atoms with Gasteiger partial charge in [-0.2, -0.15) is 0 Å². The molecule has 0 atom stereocenters. The Morgan fingerprint density at radius 1 is 1.28 bits per heavy atom. The van der Waals surface area contributed by atoms with Crippen LogP contribution < -0.4 is 10.1 Å². The molecule has 128 valence electrons. The molecule has 0 saturated heterocycles. The van der Waals surface area contributed by atoms with Gasteiger partial charge in [0.15, 0.2) is 5.16 Å². The fourth-order valence-corrected chi connectivity index (χ4v) is 3.22. The Morgan fingerprint density at radius 2 is 2.08 bits per heavy atom. The highest BCUT2D eigenvalue weighted by molar-refractivity contribution is 7.99. The number of carbonyl (C=O) groups is 1. The normalized spacial score (nSPS) is 10.5. The summed E-state index contributed by atoms with van der Waals surface area (Å²) in [5.41, 5.74) is 1.55. The zero-order valence-corrected chi connectivity index (χ0v) is 15.1. The minimum Gasteiger partial charge on any atom is -0.495 e. The second-order valence-electron chi connectivity index (χ2n) is 5.10. The molecule has 3 rings (SSSR count). The molecule has 1 amide bonds. The number of para-hydroxylation sites is 1. The van der Waals surface area contributed by atoms with Crippen LogP contribution in [-0.4, -0.2) is 28.3 Å². The molecule has 0 aliphatic carbocycles. The monoisotopic (exact) mass is 373 g/mol. The number of thioether (sulfide) groups is 1. The molecule has 0 saturated carbocycles. The molecule has 0 aliphatic heterocycles. The van der Waals surface area contributed by atoms with Crippen molar-refractivity contribution < 1.29 is 9.53 Å². The van der Waals surface area contributed by atoms with E-state index in [1.807, 2.05) is 41.1 Å². The maximum atomic E-state index is 12.3. The zero-order chi connectivity index (χ0) is 17.6. The number of amides is 1. The average molecular weight is 374 g/mol. The molecule has 1 heterocycles. The van der Waals surface area contributed by atoms with Crippen LogP contribution in [-0.2, 0) is 4.79 Å². The summed E-state index contributed by atoms with van der Waals surface area (Å²) in [5, 5.41) is 4.10. The van der Waals surface area contributed by atoms with Crippen molar-refractivity contribution in [3.63, 3.8) is 0 Å². The van der Waals surface area contributed by atoms with Crippen molar-refractivity contribution in [2.24, 2.45) is 0 Å². The van der Waals surface area contributed by atoms with Crippen molar-refractivity contribution in [2.45, 2.75) is 5.16 Å². The van der Waals surface area contributed by atoms with E-state index >= 15 is 0 Å². The van der Waals surface area contributed by atoms with E-state index in [9.17, 15) is 4.79 Å². The summed E-state index contributed by atoms with van der Waals surface area (Å²) in [6.07, 6.45) is 3.59. The number of hydrogen-bond acceptors (Lipinski definition) is 4. The molecule has 0 unspecified atom stereocenters. The Bertz CT molecular complexity index is 868. The number of imidazole rings is 1. The molecule has 5 nitrogen and oxygen atoms in total. The van der Waals surface area contributed by atoms with Crippen LogP contribution in [0, 0.1) is 0 Å². The van der Waals surface area contributed by atoms with Gasteiger partial charge in [0.25, 0.3) is 0 Å². The molecule has 25 heavy (non-hydrogen) atoms. The van der Waals surface area contributed by atoms with E-state index in [2.05, 4.69) is 10.3 Å². The van der Waals surface area contributed by atoms with Crippen molar-refractivity contribution in [3.8, 4) is 11.4 Å². The number of rotatable bonds is 6. The summed E-state index contributed by atoms with van der Waals surface area (Å²) in [6.45, 7) is 0. The third-order valence-electron chi connectivity index (χ3n) is 3.41. The first-order valence-corrected chi connectivity index (χ1v) is 8.88. The molecular weight excluding hydrogens is 358 g/mol. The average Bonchev–Trinajstić information content (AvgIpc) is 3.09. The summed E-state index contributed by atoms with van der Waals surface area (Å²) in [4.78, 5) is 16.6. The largest absolute Gasteiger partial charge is 0.495 e. The smallest absolute Gasteiger partial charge is 0.234 e. The maximum absolute atomic E-state index is 12.3. The number of carbonyl (C=O) groups excluding carboxylic acids is 1. The van der Waals surface area contributed by atoms with Crippen LogP contribution in [0.1, 0.15) is 0 Å². The molecule has 2 aromatic carbocycles. The number of benzene rings is 2. The van der Waals surface area contributed by atoms with Crippen LogP contribution >= 0.6 is 23.4 Å². The molecule has 3 aromatic rings. The molecule has 0 fully saturated rings. The molecule has 0 aliphatic rings. The van der Waals surface area contributed by atoms with Crippen molar-refractivity contribution in [1.29, 1.82) is 0 Å². The van der Waals surface area contributed by atoms with E-state index in [0.29, 0.717) is 16.5 Å². The molecular formula is C18H16ClN3O2S. The molecule has 0 bridgehead atoms. The van der Waals surface area contributed by atoms with Gasteiger partial charge in [-0.1, -0.05) is 41.6 Å². The Balaban J connectivity index is 1.66. The lowest BCUT2D eigenvalue weighted by molar-refractivity contribution is -0.113. The molecule has 1 N–H and O–H groups in total. The zero-order valence-electron chi connectivity index (χ0n) is 13.5. The Labute approximate surface area is 155 Å². The second kappa shape index (κ2) is 8.09. The van der Waals surface area contributed by atoms with E-state index in [0.717, 1.165) is 10.8 Å². The topological polar surface area (TPSA) is 56.1 Å². The van der Waals surface area contributed by atoms with Crippen molar-refractivity contribution in [3.05, 3.63) is 65.9 Å². The first-order chi connectivity index (χ1) is 12.2.